The second-order valence-electron chi connectivity index (χ2n) is 7.51. The molecular formula is C21H33N5O2. The van der Waals surface area contributed by atoms with Gasteiger partial charge in [0.1, 0.15) is 5.75 Å². The van der Waals surface area contributed by atoms with Crippen LogP contribution in [0.4, 0.5) is 5.69 Å². The Morgan fingerprint density at radius 2 is 2.04 bits per heavy atom. The normalized spacial score (nSPS) is 19.4. The Balaban J connectivity index is 1.42. The summed E-state index contributed by atoms with van der Waals surface area (Å²) in [6.07, 6.45) is 3.21. The number of anilines is 1. The molecule has 1 aliphatic heterocycles. The van der Waals surface area contributed by atoms with Gasteiger partial charge in [-0.15, -0.1) is 0 Å². The molecule has 1 aromatic carbocycles. The summed E-state index contributed by atoms with van der Waals surface area (Å²) in [6, 6.07) is 8.24. The molecule has 0 aromatic heterocycles. The zero-order valence-corrected chi connectivity index (χ0v) is 17.0. The summed E-state index contributed by atoms with van der Waals surface area (Å²) in [5.74, 6) is 2.70. The molecular weight excluding hydrogens is 354 g/mol. The van der Waals surface area contributed by atoms with Crippen LogP contribution >= 0.6 is 0 Å². The van der Waals surface area contributed by atoms with Gasteiger partial charge in [0.25, 0.3) is 0 Å². The highest BCUT2D eigenvalue weighted by atomic mass is 16.5. The number of carbonyl (C=O) groups excluding carboxylic acids is 1. The number of rotatable bonds is 9. The van der Waals surface area contributed by atoms with E-state index < -0.39 is 0 Å². The van der Waals surface area contributed by atoms with Crippen LogP contribution in [0.2, 0.25) is 0 Å². The first kappa shape index (κ1) is 20.3. The van der Waals surface area contributed by atoms with Gasteiger partial charge in [0.05, 0.1) is 7.11 Å². The number of methoxy groups -OCH3 is 1. The van der Waals surface area contributed by atoms with Crippen LogP contribution in [0.15, 0.2) is 29.3 Å². The first-order valence-corrected chi connectivity index (χ1v) is 10.4. The van der Waals surface area contributed by atoms with Gasteiger partial charge in [0.15, 0.2) is 5.96 Å². The largest absolute Gasteiger partial charge is 0.497 e. The van der Waals surface area contributed by atoms with Crippen molar-refractivity contribution in [1.82, 2.24) is 16.0 Å². The molecule has 0 spiro atoms. The van der Waals surface area contributed by atoms with Crippen molar-refractivity contribution in [3.8, 4) is 5.75 Å². The smallest absolute Gasteiger partial charge is 0.223 e. The Hall–Kier alpha value is -2.44. The highest BCUT2D eigenvalue weighted by Gasteiger charge is 2.29. The fourth-order valence-electron chi connectivity index (χ4n) is 3.44. The number of hydrogen-bond donors (Lipinski definition) is 3. The molecule has 0 bridgehead atoms. The highest BCUT2D eigenvalue weighted by Crippen LogP contribution is 2.28. The average molecular weight is 388 g/mol. The van der Waals surface area contributed by atoms with Gasteiger partial charge >= 0.3 is 0 Å². The zero-order valence-electron chi connectivity index (χ0n) is 17.0. The third kappa shape index (κ3) is 6.04. The number of nitrogens with one attached hydrogen (secondary N) is 3. The zero-order chi connectivity index (χ0) is 19.8. The van der Waals surface area contributed by atoms with Crippen LogP contribution in [-0.2, 0) is 4.79 Å². The SMILES string of the molecule is CCNC(=NCC1CCN(c2cccc(OC)c2)C1)NCCNC(=O)C1CC1. The summed E-state index contributed by atoms with van der Waals surface area (Å²) in [6.45, 7) is 7.05. The Morgan fingerprint density at radius 1 is 1.21 bits per heavy atom. The maximum atomic E-state index is 11.7. The Labute approximate surface area is 167 Å². The van der Waals surface area contributed by atoms with Crippen LogP contribution in [0.3, 0.4) is 0 Å². The standard InChI is InChI=1S/C21H33N5O2/c1-3-22-21(24-11-10-23-20(27)17-7-8-17)25-14-16-9-12-26(15-16)18-5-4-6-19(13-18)28-2/h4-6,13,16-17H,3,7-12,14-15H2,1-2H3,(H,23,27)(H2,22,24,25). The van der Waals surface area contributed by atoms with Crippen molar-refractivity contribution in [2.24, 2.45) is 16.8 Å². The lowest BCUT2D eigenvalue weighted by Crippen LogP contribution is -2.42. The lowest BCUT2D eigenvalue weighted by molar-refractivity contribution is -0.122. The van der Waals surface area contributed by atoms with Crippen molar-refractivity contribution < 1.29 is 9.53 Å². The monoisotopic (exact) mass is 387 g/mol. The predicted octanol–water partition coefficient (Wildman–Crippen LogP) is 1.60. The van der Waals surface area contributed by atoms with Crippen LogP contribution in [0.1, 0.15) is 26.2 Å². The van der Waals surface area contributed by atoms with Crippen molar-refractivity contribution in [2.75, 3.05) is 51.3 Å². The van der Waals surface area contributed by atoms with Gasteiger partial charge < -0.3 is 25.6 Å². The molecule has 1 aliphatic carbocycles. The molecule has 2 fully saturated rings. The molecule has 28 heavy (non-hydrogen) atoms. The summed E-state index contributed by atoms with van der Waals surface area (Å²) in [5, 5.41) is 9.57. The van der Waals surface area contributed by atoms with Crippen LogP contribution in [-0.4, -0.2) is 58.2 Å². The molecule has 1 saturated carbocycles. The number of aliphatic imine (C=N–C) groups is 1. The molecule has 3 N–H and O–H groups in total. The summed E-state index contributed by atoms with van der Waals surface area (Å²) in [5.41, 5.74) is 1.21. The van der Waals surface area contributed by atoms with Gasteiger partial charge in [-0.1, -0.05) is 6.07 Å². The summed E-state index contributed by atoms with van der Waals surface area (Å²) in [4.78, 5) is 18.8. The number of amides is 1. The Kier molecular flexibility index (Phi) is 7.39. The van der Waals surface area contributed by atoms with E-state index in [-0.39, 0.29) is 11.8 Å². The van der Waals surface area contributed by atoms with E-state index in [1.165, 1.54) is 5.69 Å². The molecule has 1 unspecified atom stereocenters. The van der Waals surface area contributed by atoms with Crippen molar-refractivity contribution >= 4 is 17.6 Å². The van der Waals surface area contributed by atoms with Crippen LogP contribution < -0.4 is 25.6 Å². The van der Waals surface area contributed by atoms with Crippen LogP contribution in [0.25, 0.3) is 0 Å². The fourth-order valence-corrected chi connectivity index (χ4v) is 3.44. The van der Waals surface area contributed by atoms with E-state index in [4.69, 9.17) is 9.73 Å². The molecule has 1 amide bonds. The molecule has 7 nitrogen and oxygen atoms in total. The van der Waals surface area contributed by atoms with E-state index >= 15 is 0 Å². The summed E-state index contributed by atoms with van der Waals surface area (Å²) < 4.78 is 5.33. The fraction of sp³-hybridized carbons (Fsp3) is 0.619. The van der Waals surface area contributed by atoms with Gasteiger partial charge in [-0.25, -0.2) is 0 Å². The topological polar surface area (TPSA) is 78.0 Å². The predicted molar refractivity (Wildman–Crippen MR) is 113 cm³/mol. The molecule has 7 heteroatoms. The Morgan fingerprint density at radius 3 is 2.79 bits per heavy atom. The number of ether oxygens (including phenoxy) is 1. The van der Waals surface area contributed by atoms with Crippen molar-refractivity contribution in [2.45, 2.75) is 26.2 Å². The highest BCUT2D eigenvalue weighted by molar-refractivity contribution is 5.81. The third-order valence-corrected chi connectivity index (χ3v) is 5.22. The van der Waals surface area contributed by atoms with E-state index in [2.05, 4.69) is 39.9 Å². The summed E-state index contributed by atoms with van der Waals surface area (Å²) >= 11 is 0. The van der Waals surface area contributed by atoms with E-state index in [0.717, 1.165) is 57.2 Å². The quantitative estimate of drug-likeness (QED) is 0.341. The maximum absolute atomic E-state index is 11.7. The van der Waals surface area contributed by atoms with Crippen molar-refractivity contribution in [3.05, 3.63) is 24.3 Å². The summed E-state index contributed by atoms with van der Waals surface area (Å²) in [7, 11) is 1.70. The number of nitrogens with zero attached hydrogens (tertiary/aromatic N) is 2. The minimum Gasteiger partial charge on any atom is -0.497 e. The molecule has 154 valence electrons. The van der Waals surface area contributed by atoms with Crippen molar-refractivity contribution in [3.63, 3.8) is 0 Å². The molecule has 1 atom stereocenters. The van der Waals surface area contributed by atoms with Crippen molar-refractivity contribution in [1.29, 1.82) is 0 Å². The third-order valence-electron chi connectivity index (χ3n) is 5.22. The lowest BCUT2D eigenvalue weighted by Gasteiger charge is -2.19. The van der Waals surface area contributed by atoms with Gasteiger partial charge in [-0.2, -0.15) is 0 Å². The molecule has 1 saturated heterocycles. The molecule has 1 heterocycles. The first-order chi connectivity index (χ1) is 13.7. The second-order valence-corrected chi connectivity index (χ2v) is 7.51. The van der Waals surface area contributed by atoms with E-state index in [0.29, 0.717) is 19.0 Å². The van der Waals surface area contributed by atoms with E-state index in [1.54, 1.807) is 7.11 Å². The van der Waals surface area contributed by atoms with Gasteiger partial charge in [-0.05, 0) is 44.2 Å². The van der Waals surface area contributed by atoms with Gasteiger partial charge in [0, 0.05) is 56.9 Å². The Bertz CT molecular complexity index is 675. The molecule has 3 rings (SSSR count). The van der Waals surface area contributed by atoms with E-state index in [9.17, 15) is 4.79 Å². The minimum absolute atomic E-state index is 0.187. The van der Waals surface area contributed by atoms with E-state index in [1.807, 2.05) is 12.1 Å². The van der Waals surface area contributed by atoms with Gasteiger partial charge in [0.2, 0.25) is 5.91 Å². The molecule has 0 radical (unpaired) electrons. The van der Waals surface area contributed by atoms with Crippen LogP contribution in [0, 0.1) is 11.8 Å². The second kappa shape index (κ2) is 10.2. The number of carbonyl (C=O) groups is 1. The number of hydrogen-bond acceptors (Lipinski definition) is 4. The van der Waals surface area contributed by atoms with Gasteiger partial charge in [-0.3, -0.25) is 9.79 Å². The first-order valence-electron chi connectivity index (χ1n) is 10.4. The molecule has 2 aliphatic rings. The average Bonchev–Trinajstić information content (AvgIpc) is 3.47. The number of guanidine groups is 1. The minimum atomic E-state index is 0.187. The molecule has 1 aromatic rings. The maximum Gasteiger partial charge on any atom is 0.223 e. The van der Waals surface area contributed by atoms with Crippen LogP contribution in [0.5, 0.6) is 5.75 Å². The lowest BCUT2D eigenvalue weighted by atomic mass is 10.1. The number of benzene rings is 1.